The quantitative estimate of drug-likeness (QED) is 0.303. The smallest absolute Gasteiger partial charge is 0.235 e. The van der Waals surface area contributed by atoms with Gasteiger partial charge in [-0.05, 0) is 49.4 Å². The molecule has 1 aliphatic rings. The molecule has 8 nitrogen and oxygen atoms in total. The lowest BCUT2D eigenvalue weighted by Gasteiger charge is -2.05. The highest BCUT2D eigenvalue weighted by atomic mass is 32.2. The van der Waals surface area contributed by atoms with Crippen molar-refractivity contribution in [3.05, 3.63) is 40.3 Å². The second kappa shape index (κ2) is 10.8. The van der Waals surface area contributed by atoms with Crippen LogP contribution in [0.15, 0.2) is 28.6 Å². The highest BCUT2D eigenvalue weighted by molar-refractivity contribution is 8.01. The van der Waals surface area contributed by atoms with Crippen LogP contribution in [0.1, 0.15) is 42.2 Å². The first kappa shape index (κ1) is 23.2. The Kier molecular flexibility index (Phi) is 7.59. The molecule has 33 heavy (non-hydrogen) atoms. The maximum Gasteiger partial charge on any atom is 0.235 e. The molecule has 0 saturated heterocycles. The summed E-state index contributed by atoms with van der Waals surface area (Å²) in [5, 5.41) is 27.9. The van der Waals surface area contributed by atoms with Crippen molar-refractivity contribution in [3.8, 4) is 6.07 Å². The van der Waals surface area contributed by atoms with Gasteiger partial charge in [0.2, 0.25) is 16.9 Å². The average Bonchev–Trinajstić information content (AvgIpc) is 3.28. The predicted octanol–water partition coefficient (Wildman–Crippen LogP) is 5.17. The molecule has 0 saturated carbocycles. The third-order valence-corrected chi connectivity index (χ3v) is 8.13. The number of aromatic nitrogens is 2. The first-order valence-electron chi connectivity index (χ1n) is 10.5. The lowest BCUT2D eigenvalue weighted by molar-refractivity contribution is -0.114. The lowest BCUT2D eigenvalue weighted by atomic mass is 10.1. The van der Waals surface area contributed by atoms with Crippen LogP contribution in [0.3, 0.4) is 0 Å². The summed E-state index contributed by atoms with van der Waals surface area (Å²) in [6.45, 7) is 1.46. The van der Waals surface area contributed by atoms with Gasteiger partial charge < -0.3 is 16.0 Å². The number of carbonyl (C=O) groups excluding carboxylic acids is 2. The molecule has 0 bridgehead atoms. The van der Waals surface area contributed by atoms with Crippen LogP contribution in [0.2, 0.25) is 0 Å². The number of rotatable bonds is 7. The Morgan fingerprint density at radius 3 is 2.76 bits per heavy atom. The van der Waals surface area contributed by atoms with Crippen molar-refractivity contribution in [2.75, 3.05) is 21.7 Å². The van der Waals surface area contributed by atoms with Crippen LogP contribution >= 0.6 is 34.4 Å². The number of fused-ring (bicyclic) bond motifs is 1. The number of carbonyl (C=O) groups is 2. The van der Waals surface area contributed by atoms with Gasteiger partial charge in [-0.1, -0.05) is 35.6 Å². The minimum Gasteiger partial charge on any atom is -0.330 e. The van der Waals surface area contributed by atoms with Gasteiger partial charge in [-0.2, -0.15) is 5.26 Å². The monoisotopic (exact) mass is 498 g/mol. The zero-order valence-corrected chi connectivity index (χ0v) is 20.4. The van der Waals surface area contributed by atoms with Gasteiger partial charge in [-0.15, -0.1) is 21.5 Å². The summed E-state index contributed by atoms with van der Waals surface area (Å²) < 4.78 is 0.660. The Balaban J connectivity index is 1.33. The number of thiophene rings is 1. The fourth-order valence-electron chi connectivity index (χ4n) is 3.56. The molecular weight excluding hydrogens is 476 g/mol. The second-order valence-corrected chi connectivity index (χ2v) is 10.8. The Hall–Kier alpha value is -2.94. The molecule has 0 fully saturated rings. The fraction of sp³-hybridized carbons (Fsp3) is 0.318. The number of hydrogen-bond donors (Lipinski definition) is 3. The number of amides is 2. The van der Waals surface area contributed by atoms with Gasteiger partial charge in [0.05, 0.1) is 11.3 Å². The van der Waals surface area contributed by atoms with Crippen molar-refractivity contribution in [3.63, 3.8) is 0 Å². The summed E-state index contributed by atoms with van der Waals surface area (Å²) in [6.07, 6.45) is 5.30. The fourth-order valence-corrected chi connectivity index (χ4v) is 6.39. The van der Waals surface area contributed by atoms with E-state index in [1.165, 1.54) is 52.7 Å². The molecule has 3 aromatic rings. The molecule has 11 heteroatoms. The second-order valence-electron chi connectivity index (χ2n) is 7.48. The third-order valence-electron chi connectivity index (χ3n) is 4.95. The van der Waals surface area contributed by atoms with E-state index in [4.69, 9.17) is 0 Å². The summed E-state index contributed by atoms with van der Waals surface area (Å²) >= 11 is 4.17. The van der Waals surface area contributed by atoms with Crippen LogP contribution < -0.4 is 16.0 Å². The van der Waals surface area contributed by atoms with E-state index in [0.717, 1.165) is 36.9 Å². The van der Waals surface area contributed by atoms with Crippen molar-refractivity contribution in [2.24, 2.45) is 0 Å². The average molecular weight is 499 g/mol. The maximum absolute atomic E-state index is 12.5. The van der Waals surface area contributed by atoms with E-state index >= 15 is 0 Å². The Labute approximate surface area is 203 Å². The molecule has 2 amide bonds. The van der Waals surface area contributed by atoms with E-state index < -0.39 is 0 Å². The van der Waals surface area contributed by atoms with E-state index in [1.807, 2.05) is 12.1 Å². The van der Waals surface area contributed by atoms with Crippen LogP contribution in [0.25, 0.3) is 0 Å². The number of hydrogen-bond acceptors (Lipinski definition) is 9. The number of thioether (sulfide) groups is 1. The highest BCUT2D eigenvalue weighted by Gasteiger charge is 2.21. The first-order chi connectivity index (χ1) is 16.0. The van der Waals surface area contributed by atoms with Gasteiger partial charge >= 0.3 is 0 Å². The van der Waals surface area contributed by atoms with E-state index in [2.05, 4.69) is 32.2 Å². The molecule has 0 atom stereocenters. The number of nitrogens with zero attached hydrogens (tertiary/aromatic N) is 3. The number of anilines is 4. The largest absolute Gasteiger partial charge is 0.330 e. The van der Waals surface area contributed by atoms with Crippen molar-refractivity contribution >= 4 is 67.8 Å². The standard InChI is InChI=1S/C22H22N6O2S3/c1-13(29)24-14-6-5-7-15(10-14)25-21-27-28-22(33-21)31-12-19(30)26-20-17(11-23)16-8-3-2-4-9-18(16)32-20/h5-7,10H,2-4,8-9,12H2,1H3,(H,24,29)(H,25,27)(H,26,30). The predicted molar refractivity (Wildman–Crippen MR) is 134 cm³/mol. The minimum absolute atomic E-state index is 0.139. The Morgan fingerprint density at radius 2 is 1.94 bits per heavy atom. The van der Waals surface area contributed by atoms with Gasteiger partial charge in [0.15, 0.2) is 4.34 Å². The van der Waals surface area contributed by atoms with Crippen molar-refractivity contribution in [2.45, 2.75) is 43.4 Å². The van der Waals surface area contributed by atoms with Crippen LogP contribution in [0.4, 0.5) is 21.5 Å². The van der Waals surface area contributed by atoms with Crippen LogP contribution in [0, 0.1) is 11.3 Å². The van der Waals surface area contributed by atoms with E-state index in [0.29, 0.717) is 25.7 Å². The Morgan fingerprint density at radius 1 is 1.12 bits per heavy atom. The Bertz CT molecular complexity index is 1210. The normalized spacial score (nSPS) is 12.8. The summed E-state index contributed by atoms with van der Waals surface area (Å²) in [5.41, 5.74) is 3.20. The van der Waals surface area contributed by atoms with Gasteiger partial charge in [0, 0.05) is 23.2 Å². The van der Waals surface area contributed by atoms with Gasteiger partial charge in [-0.25, -0.2) is 0 Å². The molecule has 2 heterocycles. The molecule has 2 aromatic heterocycles. The molecule has 3 N–H and O–H groups in total. The zero-order valence-electron chi connectivity index (χ0n) is 17.9. The van der Waals surface area contributed by atoms with Gasteiger partial charge in [0.25, 0.3) is 0 Å². The van der Waals surface area contributed by atoms with Crippen LogP contribution in [-0.2, 0) is 22.4 Å². The number of nitrogens with one attached hydrogen (secondary N) is 3. The SMILES string of the molecule is CC(=O)Nc1cccc(Nc2nnc(SCC(=O)Nc3sc4c(c3C#N)CCCCC4)s2)c1. The van der Waals surface area contributed by atoms with Crippen molar-refractivity contribution < 1.29 is 9.59 Å². The lowest BCUT2D eigenvalue weighted by Crippen LogP contribution is -2.13. The number of aryl methyl sites for hydroxylation is 1. The van der Waals surface area contributed by atoms with Gasteiger partial charge in [0.1, 0.15) is 11.1 Å². The molecule has 170 valence electrons. The van der Waals surface area contributed by atoms with Gasteiger partial charge in [-0.3, -0.25) is 9.59 Å². The summed E-state index contributed by atoms with van der Waals surface area (Å²) in [5.74, 6) is -0.124. The zero-order chi connectivity index (χ0) is 23.2. The maximum atomic E-state index is 12.5. The number of benzene rings is 1. The third kappa shape index (κ3) is 6.10. The highest BCUT2D eigenvalue weighted by Crippen LogP contribution is 2.37. The first-order valence-corrected chi connectivity index (χ1v) is 13.1. The van der Waals surface area contributed by atoms with Crippen molar-refractivity contribution in [1.29, 1.82) is 5.26 Å². The van der Waals surface area contributed by atoms with E-state index in [-0.39, 0.29) is 17.6 Å². The van der Waals surface area contributed by atoms with Crippen molar-refractivity contribution in [1.82, 2.24) is 10.2 Å². The number of nitriles is 1. The molecule has 0 unspecified atom stereocenters. The van der Waals surface area contributed by atoms with Crippen LogP contribution in [-0.4, -0.2) is 27.8 Å². The van der Waals surface area contributed by atoms with Crippen LogP contribution in [0.5, 0.6) is 0 Å². The topological polar surface area (TPSA) is 120 Å². The molecule has 0 spiro atoms. The molecule has 1 aliphatic carbocycles. The summed E-state index contributed by atoms with van der Waals surface area (Å²) in [7, 11) is 0. The molecular formula is C22H22N6O2S3. The molecule has 0 radical (unpaired) electrons. The summed E-state index contributed by atoms with van der Waals surface area (Å²) in [4.78, 5) is 25.0. The molecule has 4 rings (SSSR count). The minimum atomic E-state index is -0.166. The van der Waals surface area contributed by atoms with E-state index in [9.17, 15) is 14.9 Å². The molecule has 1 aromatic carbocycles. The summed E-state index contributed by atoms with van der Waals surface area (Å²) in [6, 6.07) is 9.59. The van der Waals surface area contributed by atoms with E-state index in [1.54, 1.807) is 12.1 Å². The molecule has 0 aliphatic heterocycles.